The highest BCUT2D eigenvalue weighted by atomic mass is 16.6. The molecule has 2 saturated heterocycles. The van der Waals surface area contributed by atoms with E-state index in [1.54, 1.807) is 11.0 Å². The molecule has 0 N–H and O–H groups in total. The summed E-state index contributed by atoms with van der Waals surface area (Å²) in [7, 11) is 0. The van der Waals surface area contributed by atoms with Gasteiger partial charge in [-0.1, -0.05) is 30.3 Å². The summed E-state index contributed by atoms with van der Waals surface area (Å²) in [6.07, 6.45) is 5.45. The number of likely N-dealkylation sites (tertiary alicyclic amines) is 1. The Labute approximate surface area is 152 Å². The van der Waals surface area contributed by atoms with Gasteiger partial charge in [0.05, 0.1) is 13.2 Å². The molecule has 0 unspecified atom stereocenters. The number of aryl methyl sites for hydroxylation is 1. The van der Waals surface area contributed by atoms with Crippen LogP contribution < -0.4 is 0 Å². The van der Waals surface area contributed by atoms with Crippen molar-refractivity contribution in [3.8, 4) is 0 Å². The number of nitrogens with zero attached hydrogens (tertiary/aromatic N) is 4. The molecule has 0 bridgehead atoms. The van der Waals surface area contributed by atoms with E-state index in [0.29, 0.717) is 32.7 Å². The van der Waals surface area contributed by atoms with Gasteiger partial charge in [-0.05, 0) is 18.4 Å². The van der Waals surface area contributed by atoms with E-state index in [1.165, 1.54) is 11.9 Å². The largest absolute Gasteiger partial charge is 0.371 e. The van der Waals surface area contributed by atoms with Gasteiger partial charge in [-0.2, -0.15) is 5.10 Å². The zero-order valence-corrected chi connectivity index (χ0v) is 14.7. The summed E-state index contributed by atoms with van der Waals surface area (Å²) >= 11 is 0. The molecular formula is C19H24N4O3. The molecule has 1 aromatic carbocycles. The van der Waals surface area contributed by atoms with Crippen molar-refractivity contribution >= 4 is 5.91 Å². The summed E-state index contributed by atoms with van der Waals surface area (Å²) in [5.41, 5.74) is 1.28. The Bertz CT molecular complexity index is 691. The van der Waals surface area contributed by atoms with Gasteiger partial charge in [-0.3, -0.25) is 4.79 Å². The molecule has 2 aromatic rings. The maximum atomic E-state index is 12.5. The van der Waals surface area contributed by atoms with Crippen LogP contribution >= 0.6 is 0 Å². The molecule has 4 rings (SSSR count). The van der Waals surface area contributed by atoms with E-state index in [-0.39, 0.29) is 24.2 Å². The van der Waals surface area contributed by atoms with Gasteiger partial charge in [-0.15, -0.1) is 0 Å². The van der Waals surface area contributed by atoms with E-state index in [1.807, 2.05) is 23.1 Å². The molecule has 2 atom stereocenters. The van der Waals surface area contributed by atoms with Crippen molar-refractivity contribution in [1.82, 2.24) is 19.7 Å². The number of benzene rings is 1. The average Bonchev–Trinajstić information content (AvgIpc) is 3.30. The highest BCUT2D eigenvalue weighted by Gasteiger charge is 2.39. The van der Waals surface area contributed by atoms with Crippen molar-refractivity contribution in [2.45, 2.75) is 37.5 Å². The molecule has 7 nitrogen and oxygen atoms in total. The number of amides is 1. The van der Waals surface area contributed by atoms with Gasteiger partial charge in [0.1, 0.15) is 30.9 Å². The van der Waals surface area contributed by atoms with Crippen molar-refractivity contribution in [1.29, 1.82) is 0 Å². The fourth-order valence-electron chi connectivity index (χ4n) is 3.59. The molecule has 0 spiro atoms. The fraction of sp³-hybridized carbons (Fsp3) is 0.526. The molecule has 2 aliphatic rings. The zero-order valence-electron chi connectivity index (χ0n) is 14.7. The molecule has 138 valence electrons. The van der Waals surface area contributed by atoms with E-state index < -0.39 is 0 Å². The summed E-state index contributed by atoms with van der Waals surface area (Å²) in [6.45, 7) is 2.28. The summed E-state index contributed by atoms with van der Waals surface area (Å²) < 4.78 is 13.8. The van der Waals surface area contributed by atoms with Crippen LogP contribution in [0.1, 0.15) is 24.4 Å². The van der Waals surface area contributed by atoms with Gasteiger partial charge in [0.2, 0.25) is 5.91 Å². The summed E-state index contributed by atoms with van der Waals surface area (Å²) in [5.74, 6) is 0.189. The minimum Gasteiger partial charge on any atom is -0.371 e. The number of rotatable bonds is 5. The fourth-order valence-corrected chi connectivity index (χ4v) is 3.59. The zero-order chi connectivity index (χ0) is 17.8. The lowest BCUT2D eigenvalue weighted by Crippen LogP contribution is -2.31. The molecule has 0 saturated carbocycles. The van der Waals surface area contributed by atoms with Crippen molar-refractivity contribution in [2.75, 3.05) is 26.3 Å². The van der Waals surface area contributed by atoms with Crippen LogP contribution in [-0.4, -0.2) is 64.1 Å². The first kappa shape index (κ1) is 17.2. The summed E-state index contributed by atoms with van der Waals surface area (Å²) in [4.78, 5) is 18.4. The lowest BCUT2D eigenvalue weighted by Gasteiger charge is -2.18. The van der Waals surface area contributed by atoms with Crippen LogP contribution in [0, 0.1) is 0 Å². The predicted octanol–water partition coefficient (Wildman–Crippen LogP) is 1.47. The second-order valence-electron chi connectivity index (χ2n) is 6.91. The second-order valence-corrected chi connectivity index (χ2v) is 6.91. The van der Waals surface area contributed by atoms with Gasteiger partial charge in [0, 0.05) is 19.5 Å². The van der Waals surface area contributed by atoms with Crippen LogP contribution in [0.3, 0.4) is 0 Å². The first-order valence-corrected chi connectivity index (χ1v) is 9.18. The molecule has 0 aliphatic carbocycles. The Morgan fingerprint density at radius 2 is 1.85 bits per heavy atom. The topological polar surface area (TPSA) is 69.5 Å². The Balaban J connectivity index is 1.24. The Hall–Kier alpha value is -2.25. The number of carbonyl (C=O) groups excluding carboxylic acids is 1. The van der Waals surface area contributed by atoms with Gasteiger partial charge < -0.3 is 14.4 Å². The van der Waals surface area contributed by atoms with E-state index in [9.17, 15) is 4.79 Å². The molecule has 1 aromatic heterocycles. The number of aromatic nitrogens is 3. The summed E-state index contributed by atoms with van der Waals surface area (Å²) in [5, 5.41) is 4.16. The van der Waals surface area contributed by atoms with E-state index in [2.05, 4.69) is 22.2 Å². The molecular weight excluding hydrogens is 332 g/mol. The summed E-state index contributed by atoms with van der Waals surface area (Å²) in [6, 6.07) is 10.3. The molecule has 0 radical (unpaired) electrons. The van der Waals surface area contributed by atoms with E-state index in [0.717, 1.165) is 12.8 Å². The standard InChI is InChI=1S/C19H24N4O3/c24-19(8-4-7-15-5-2-1-3-6-15)22-9-17-18(10-22)26-12-16(11-25-17)23-14-20-13-21-23/h1-3,5-6,13-14,16-18H,4,7-12H2/t17-,18-/m0/s1. The van der Waals surface area contributed by atoms with Crippen LogP contribution in [0.15, 0.2) is 43.0 Å². The second kappa shape index (κ2) is 7.97. The molecule has 1 amide bonds. The highest BCUT2D eigenvalue weighted by Crippen LogP contribution is 2.24. The number of hydrogen-bond donors (Lipinski definition) is 0. The maximum Gasteiger partial charge on any atom is 0.222 e. The van der Waals surface area contributed by atoms with E-state index >= 15 is 0 Å². The number of carbonyl (C=O) groups is 1. The van der Waals surface area contributed by atoms with Crippen molar-refractivity contribution < 1.29 is 14.3 Å². The van der Waals surface area contributed by atoms with Crippen LogP contribution in [0.25, 0.3) is 0 Å². The van der Waals surface area contributed by atoms with Crippen molar-refractivity contribution in [3.05, 3.63) is 48.5 Å². The highest BCUT2D eigenvalue weighted by molar-refractivity contribution is 5.76. The Kier molecular flexibility index (Phi) is 5.26. The number of hydrogen-bond acceptors (Lipinski definition) is 5. The smallest absolute Gasteiger partial charge is 0.222 e. The van der Waals surface area contributed by atoms with Crippen molar-refractivity contribution in [3.63, 3.8) is 0 Å². The molecule has 2 aliphatic heterocycles. The third kappa shape index (κ3) is 3.94. The quantitative estimate of drug-likeness (QED) is 0.811. The normalized spacial score (nSPS) is 23.6. The minimum atomic E-state index is -0.0541. The minimum absolute atomic E-state index is 0.0399. The van der Waals surface area contributed by atoms with E-state index in [4.69, 9.17) is 9.47 Å². The molecule has 2 fully saturated rings. The van der Waals surface area contributed by atoms with Gasteiger partial charge in [0.15, 0.2) is 0 Å². The molecule has 3 heterocycles. The van der Waals surface area contributed by atoms with Crippen LogP contribution in [0.5, 0.6) is 0 Å². The monoisotopic (exact) mass is 356 g/mol. The van der Waals surface area contributed by atoms with Gasteiger partial charge >= 0.3 is 0 Å². The Morgan fingerprint density at radius 1 is 1.12 bits per heavy atom. The third-order valence-electron chi connectivity index (χ3n) is 5.08. The van der Waals surface area contributed by atoms with Crippen LogP contribution in [0.2, 0.25) is 0 Å². The van der Waals surface area contributed by atoms with Crippen LogP contribution in [-0.2, 0) is 20.7 Å². The lowest BCUT2D eigenvalue weighted by molar-refractivity contribution is -0.131. The number of fused-ring (bicyclic) bond motifs is 1. The average molecular weight is 356 g/mol. The molecule has 7 heteroatoms. The molecule has 26 heavy (non-hydrogen) atoms. The predicted molar refractivity (Wildman–Crippen MR) is 94.5 cm³/mol. The Morgan fingerprint density at radius 3 is 2.50 bits per heavy atom. The van der Waals surface area contributed by atoms with Gasteiger partial charge in [-0.25, -0.2) is 9.67 Å². The van der Waals surface area contributed by atoms with Crippen LogP contribution in [0.4, 0.5) is 0 Å². The first-order chi connectivity index (χ1) is 12.8. The van der Waals surface area contributed by atoms with Gasteiger partial charge in [0.25, 0.3) is 0 Å². The maximum absolute atomic E-state index is 12.5. The number of ether oxygens (including phenoxy) is 2. The third-order valence-corrected chi connectivity index (χ3v) is 5.08. The lowest BCUT2D eigenvalue weighted by atomic mass is 10.1. The van der Waals surface area contributed by atoms with Crippen molar-refractivity contribution in [2.24, 2.45) is 0 Å². The first-order valence-electron chi connectivity index (χ1n) is 9.18. The SMILES string of the molecule is O=C(CCCc1ccccc1)N1C[C@@H]2OCC(n3cncn3)CO[C@H]2C1.